The molecule has 0 fully saturated rings. The molecule has 0 spiro atoms. The number of benzene rings is 3. The van der Waals surface area contributed by atoms with Gasteiger partial charge >= 0.3 is 5.97 Å². The largest absolute Gasteiger partial charge is 0.493 e. The van der Waals surface area contributed by atoms with Crippen LogP contribution in [0.25, 0.3) is 6.08 Å². The van der Waals surface area contributed by atoms with Crippen molar-refractivity contribution in [1.29, 1.82) is 0 Å². The summed E-state index contributed by atoms with van der Waals surface area (Å²) in [4.78, 5) is 16.6. The molecule has 150 valence electrons. The molecule has 3 aromatic carbocycles. The van der Waals surface area contributed by atoms with Gasteiger partial charge in [-0.2, -0.15) is 0 Å². The Morgan fingerprint density at radius 1 is 1.00 bits per heavy atom. The monoisotopic (exact) mass is 511 g/mol. The summed E-state index contributed by atoms with van der Waals surface area (Å²) in [6, 6.07) is 23.0. The number of rotatable bonds is 6. The lowest BCUT2D eigenvalue weighted by Crippen LogP contribution is -2.05. The van der Waals surface area contributed by atoms with Gasteiger partial charge in [0.15, 0.2) is 17.2 Å². The molecule has 0 aromatic heterocycles. The second kappa shape index (κ2) is 9.13. The molecule has 0 atom stereocenters. The van der Waals surface area contributed by atoms with Gasteiger partial charge < -0.3 is 14.2 Å². The minimum atomic E-state index is -0.480. The third-order valence-electron chi connectivity index (χ3n) is 4.44. The molecule has 0 N–H and O–H groups in total. The number of carbonyl (C=O) groups is 1. The van der Waals surface area contributed by atoms with E-state index in [2.05, 4.69) is 27.6 Å². The van der Waals surface area contributed by atoms with E-state index in [9.17, 15) is 4.79 Å². The summed E-state index contributed by atoms with van der Waals surface area (Å²) in [5.74, 6) is 1.03. The summed E-state index contributed by atoms with van der Waals surface area (Å²) >= 11 is 2.22. The van der Waals surface area contributed by atoms with Crippen molar-refractivity contribution in [2.24, 2.45) is 4.99 Å². The minimum Gasteiger partial charge on any atom is -0.493 e. The Morgan fingerprint density at radius 3 is 2.50 bits per heavy atom. The van der Waals surface area contributed by atoms with E-state index in [4.69, 9.17) is 14.2 Å². The Kier molecular flexibility index (Phi) is 6.13. The fraction of sp³-hybridized carbons (Fsp3) is 0.0833. The third-order valence-corrected chi connectivity index (χ3v) is 5.16. The highest BCUT2D eigenvalue weighted by molar-refractivity contribution is 14.1. The number of methoxy groups -OCH3 is 1. The average Bonchev–Trinajstić information content (AvgIpc) is 3.14. The van der Waals surface area contributed by atoms with Crippen molar-refractivity contribution in [1.82, 2.24) is 0 Å². The Labute approximate surface area is 188 Å². The van der Waals surface area contributed by atoms with E-state index in [-0.39, 0.29) is 5.70 Å². The number of nitrogens with zero attached hydrogens (tertiary/aromatic N) is 1. The first kappa shape index (κ1) is 20.2. The molecule has 30 heavy (non-hydrogen) atoms. The van der Waals surface area contributed by atoms with E-state index >= 15 is 0 Å². The molecule has 3 aromatic rings. The van der Waals surface area contributed by atoms with Crippen molar-refractivity contribution in [2.45, 2.75) is 6.61 Å². The number of halogens is 1. The van der Waals surface area contributed by atoms with Crippen LogP contribution in [-0.2, 0) is 16.1 Å². The number of hydrogen-bond acceptors (Lipinski definition) is 5. The lowest BCUT2D eigenvalue weighted by atomic mass is 10.1. The summed E-state index contributed by atoms with van der Waals surface area (Å²) < 4.78 is 17.8. The summed E-state index contributed by atoms with van der Waals surface area (Å²) in [6.45, 7) is 0.438. The molecule has 0 unspecified atom stereocenters. The van der Waals surface area contributed by atoms with E-state index in [0.29, 0.717) is 24.0 Å². The smallest absolute Gasteiger partial charge is 0.363 e. The van der Waals surface area contributed by atoms with Gasteiger partial charge in [0.05, 0.1) is 7.11 Å². The highest BCUT2D eigenvalue weighted by Crippen LogP contribution is 2.30. The standard InChI is InChI=1S/C24H18INO4/c1-28-22-14-17(7-12-21(22)29-15-16-5-3-2-4-6-16)13-20-24(27)30-23(26-20)18-8-10-19(25)11-9-18/h2-14H,15H2,1H3/b20-13-. The van der Waals surface area contributed by atoms with Gasteiger partial charge in [-0.1, -0.05) is 36.4 Å². The molecule has 0 amide bonds. The first-order valence-electron chi connectivity index (χ1n) is 9.25. The van der Waals surface area contributed by atoms with Crippen molar-refractivity contribution < 1.29 is 19.0 Å². The van der Waals surface area contributed by atoms with Crippen LogP contribution in [-0.4, -0.2) is 19.0 Å². The Bertz CT molecular complexity index is 1120. The zero-order valence-electron chi connectivity index (χ0n) is 16.2. The van der Waals surface area contributed by atoms with E-state index in [1.807, 2.05) is 66.7 Å². The lowest BCUT2D eigenvalue weighted by molar-refractivity contribution is -0.129. The summed E-state index contributed by atoms with van der Waals surface area (Å²) in [6.07, 6.45) is 1.67. The van der Waals surface area contributed by atoms with Crippen LogP contribution in [0.15, 0.2) is 83.5 Å². The van der Waals surface area contributed by atoms with Crippen LogP contribution >= 0.6 is 22.6 Å². The van der Waals surface area contributed by atoms with Crippen LogP contribution in [0, 0.1) is 3.57 Å². The summed E-state index contributed by atoms with van der Waals surface area (Å²) in [7, 11) is 1.58. The highest BCUT2D eigenvalue weighted by Gasteiger charge is 2.24. The number of cyclic esters (lactones) is 1. The molecule has 6 heteroatoms. The molecule has 4 rings (SSSR count). The maximum absolute atomic E-state index is 12.2. The van der Waals surface area contributed by atoms with Crippen LogP contribution in [0.5, 0.6) is 11.5 Å². The van der Waals surface area contributed by atoms with Crippen LogP contribution in [0.2, 0.25) is 0 Å². The van der Waals surface area contributed by atoms with Crippen LogP contribution in [0.4, 0.5) is 0 Å². The van der Waals surface area contributed by atoms with Crippen molar-refractivity contribution in [3.8, 4) is 11.5 Å². The second-order valence-electron chi connectivity index (χ2n) is 6.53. The minimum absolute atomic E-state index is 0.239. The number of carbonyl (C=O) groups excluding carboxylic acids is 1. The Hall–Kier alpha value is -3.13. The molecular formula is C24H18INO4. The van der Waals surface area contributed by atoms with Crippen LogP contribution < -0.4 is 9.47 Å². The van der Waals surface area contributed by atoms with E-state index in [1.165, 1.54) is 0 Å². The average molecular weight is 511 g/mol. The zero-order chi connectivity index (χ0) is 20.9. The quantitative estimate of drug-likeness (QED) is 0.259. The molecular weight excluding hydrogens is 493 g/mol. The Balaban J connectivity index is 1.54. The maximum Gasteiger partial charge on any atom is 0.363 e. The van der Waals surface area contributed by atoms with Gasteiger partial charge in [-0.05, 0) is 76.2 Å². The fourth-order valence-electron chi connectivity index (χ4n) is 2.91. The Morgan fingerprint density at radius 2 is 1.77 bits per heavy atom. The van der Waals surface area contributed by atoms with E-state index < -0.39 is 5.97 Å². The van der Waals surface area contributed by atoms with Gasteiger partial charge in [0, 0.05) is 9.13 Å². The summed E-state index contributed by atoms with van der Waals surface area (Å²) in [5, 5.41) is 0. The normalized spacial score (nSPS) is 14.4. The van der Waals surface area contributed by atoms with Gasteiger partial charge in [0.25, 0.3) is 0 Å². The molecule has 5 nitrogen and oxygen atoms in total. The van der Waals surface area contributed by atoms with Gasteiger partial charge in [0.1, 0.15) is 6.61 Å². The predicted molar refractivity (Wildman–Crippen MR) is 124 cm³/mol. The SMILES string of the molecule is COc1cc(/C=C2\N=C(c3ccc(I)cc3)OC2=O)ccc1OCc1ccccc1. The molecule has 0 radical (unpaired) electrons. The molecule has 0 saturated carbocycles. The van der Waals surface area contributed by atoms with Crippen molar-refractivity contribution >= 4 is 40.5 Å². The number of esters is 1. The van der Waals surface area contributed by atoms with Crippen molar-refractivity contribution in [3.63, 3.8) is 0 Å². The molecule has 1 aliphatic rings. The van der Waals surface area contributed by atoms with Crippen LogP contribution in [0.1, 0.15) is 16.7 Å². The fourth-order valence-corrected chi connectivity index (χ4v) is 3.27. The zero-order valence-corrected chi connectivity index (χ0v) is 18.3. The van der Waals surface area contributed by atoms with Gasteiger partial charge in [-0.3, -0.25) is 0 Å². The number of ether oxygens (including phenoxy) is 3. The van der Waals surface area contributed by atoms with Crippen molar-refractivity contribution in [2.75, 3.05) is 7.11 Å². The molecule has 0 saturated heterocycles. The molecule has 1 heterocycles. The predicted octanol–water partition coefficient (Wildman–Crippen LogP) is 5.22. The van der Waals surface area contributed by atoms with E-state index in [0.717, 1.165) is 20.3 Å². The molecule has 0 bridgehead atoms. The van der Waals surface area contributed by atoms with E-state index in [1.54, 1.807) is 19.3 Å². The molecule has 1 aliphatic heterocycles. The topological polar surface area (TPSA) is 57.1 Å². The first-order chi connectivity index (χ1) is 14.6. The number of aliphatic imine (C=N–C) groups is 1. The number of hydrogen-bond donors (Lipinski definition) is 0. The maximum atomic E-state index is 12.2. The summed E-state index contributed by atoms with van der Waals surface area (Å²) in [5.41, 5.74) is 2.83. The van der Waals surface area contributed by atoms with Gasteiger partial charge in [0.2, 0.25) is 5.90 Å². The second-order valence-corrected chi connectivity index (χ2v) is 7.77. The molecule has 0 aliphatic carbocycles. The lowest BCUT2D eigenvalue weighted by Gasteiger charge is -2.11. The van der Waals surface area contributed by atoms with Gasteiger partial charge in [-0.25, -0.2) is 9.79 Å². The highest BCUT2D eigenvalue weighted by atomic mass is 127. The van der Waals surface area contributed by atoms with Crippen molar-refractivity contribution in [3.05, 3.63) is 98.8 Å². The van der Waals surface area contributed by atoms with Gasteiger partial charge in [-0.15, -0.1) is 0 Å². The first-order valence-corrected chi connectivity index (χ1v) is 10.3. The van der Waals surface area contributed by atoms with Crippen LogP contribution in [0.3, 0.4) is 0 Å². The third kappa shape index (κ3) is 4.71.